The van der Waals surface area contributed by atoms with Crippen molar-refractivity contribution in [2.24, 2.45) is 0 Å². The Hall–Kier alpha value is -5.02. The summed E-state index contributed by atoms with van der Waals surface area (Å²) in [6, 6.07) is 9.51. The van der Waals surface area contributed by atoms with Crippen LogP contribution in [0.25, 0.3) is 22.3 Å². The molecule has 1 aromatic heterocycles. The number of ether oxygens (including phenoxy) is 4. The molecule has 0 aliphatic carbocycles. The van der Waals surface area contributed by atoms with Crippen molar-refractivity contribution in [1.82, 2.24) is 0 Å². The van der Waals surface area contributed by atoms with Gasteiger partial charge in [0.1, 0.15) is 47.1 Å². The summed E-state index contributed by atoms with van der Waals surface area (Å²) in [6.07, 6.45) is -8.53. The van der Waals surface area contributed by atoms with Crippen molar-refractivity contribution in [2.45, 2.75) is 30.5 Å². The van der Waals surface area contributed by atoms with E-state index in [9.17, 15) is 45.3 Å². The van der Waals surface area contributed by atoms with Crippen LogP contribution < -0.4 is 14.9 Å². The number of phenols is 4. The van der Waals surface area contributed by atoms with Crippen LogP contribution >= 0.6 is 0 Å². The monoisotopic (exact) mass is 612 g/mol. The lowest BCUT2D eigenvalue weighted by Gasteiger charge is -2.42. The van der Waals surface area contributed by atoms with Crippen LogP contribution in [0.3, 0.4) is 0 Å². The first kappa shape index (κ1) is 30.4. The van der Waals surface area contributed by atoms with Crippen LogP contribution in [0.4, 0.5) is 0 Å². The molecule has 3 aromatic carbocycles. The minimum Gasteiger partial charge on any atom is -0.507 e. The van der Waals surface area contributed by atoms with Crippen molar-refractivity contribution in [2.75, 3.05) is 20.8 Å². The molecule has 5 rings (SSSR count). The van der Waals surface area contributed by atoms with Gasteiger partial charge in [-0.1, -0.05) is 0 Å². The number of carbonyl (C=O) groups excluding carboxylic acids is 1. The first-order valence-corrected chi connectivity index (χ1v) is 13.1. The highest BCUT2D eigenvalue weighted by atomic mass is 16.6. The molecule has 14 nitrogen and oxygen atoms in total. The molecule has 5 atom stereocenters. The average molecular weight is 613 g/mol. The molecule has 1 saturated heterocycles. The van der Waals surface area contributed by atoms with Crippen LogP contribution in [0.2, 0.25) is 0 Å². The van der Waals surface area contributed by atoms with E-state index in [2.05, 4.69) is 0 Å². The highest BCUT2D eigenvalue weighted by molar-refractivity contribution is 5.91. The molecule has 0 amide bonds. The van der Waals surface area contributed by atoms with E-state index in [0.717, 1.165) is 24.3 Å². The quantitative estimate of drug-likeness (QED) is 0.116. The maximum absolute atomic E-state index is 13.3. The molecule has 14 heteroatoms. The number of methoxy groups -OCH3 is 2. The highest BCUT2D eigenvalue weighted by Gasteiger charge is 2.49. The number of carbonyl (C=O) groups is 1. The molecule has 0 radical (unpaired) electrons. The Bertz CT molecular complexity index is 1780. The number of aromatic hydroxyl groups is 4. The third-order valence-corrected chi connectivity index (χ3v) is 7.27. The van der Waals surface area contributed by atoms with Crippen molar-refractivity contribution in [3.8, 4) is 45.8 Å². The number of hydrogen-bond donors (Lipinski definition) is 7. The van der Waals surface area contributed by atoms with Gasteiger partial charge in [0.25, 0.3) is 0 Å². The number of rotatable bonds is 7. The fourth-order valence-corrected chi connectivity index (χ4v) is 5.02. The molecule has 5 unspecified atom stereocenters. The van der Waals surface area contributed by atoms with Crippen LogP contribution in [0.15, 0.2) is 57.7 Å². The zero-order chi connectivity index (χ0) is 31.9. The van der Waals surface area contributed by atoms with Crippen molar-refractivity contribution in [3.05, 3.63) is 69.9 Å². The van der Waals surface area contributed by atoms with Gasteiger partial charge in [-0.25, -0.2) is 4.79 Å². The summed E-state index contributed by atoms with van der Waals surface area (Å²) in [5.41, 5.74) is -1.53. The van der Waals surface area contributed by atoms with Gasteiger partial charge in [-0.15, -0.1) is 0 Å². The lowest BCUT2D eigenvalue weighted by atomic mass is 9.89. The van der Waals surface area contributed by atoms with Crippen LogP contribution in [-0.4, -0.2) is 87.0 Å². The van der Waals surface area contributed by atoms with Gasteiger partial charge in [0.15, 0.2) is 40.1 Å². The van der Waals surface area contributed by atoms with Gasteiger partial charge < -0.3 is 59.1 Å². The smallest absolute Gasteiger partial charge is 0.338 e. The second kappa shape index (κ2) is 11.9. The van der Waals surface area contributed by atoms with Crippen LogP contribution in [0, 0.1) is 0 Å². The van der Waals surface area contributed by atoms with Gasteiger partial charge >= 0.3 is 5.97 Å². The molecule has 232 valence electrons. The Morgan fingerprint density at radius 3 is 2.23 bits per heavy atom. The summed E-state index contributed by atoms with van der Waals surface area (Å²) in [4.78, 5) is 26.5. The van der Waals surface area contributed by atoms with E-state index >= 15 is 0 Å². The SMILES string of the molecule is COc1ccc(C(=O)OC2C(c3c(O)cc(O)c4c(=O)cc(-c5ccc(O)c(O)c5)oc34)OC(CO)C(O)C2O)cc1OC. The van der Waals surface area contributed by atoms with Crippen LogP contribution in [0.5, 0.6) is 34.5 Å². The second-order valence-corrected chi connectivity index (χ2v) is 9.91. The number of aliphatic hydroxyl groups excluding tert-OH is 3. The minimum atomic E-state index is -1.89. The zero-order valence-corrected chi connectivity index (χ0v) is 23.2. The molecule has 1 aliphatic heterocycles. The van der Waals surface area contributed by atoms with Crippen molar-refractivity contribution >= 4 is 16.9 Å². The normalized spacial score (nSPS) is 21.6. The van der Waals surface area contributed by atoms with E-state index in [-0.39, 0.29) is 28.2 Å². The zero-order valence-electron chi connectivity index (χ0n) is 23.2. The Balaban J connectivity index is 1.67. The second-order valence-electron chi connectivity index (χ2n) is 9.91. The molecular weight excluding hydrogens is 584 g/mol. The number of benzene rings is 3. The van der Waals surface area contributed by atoms with Crippen LogP contribution in [-0.2, 0) is 9.47 Å². The predicted octanol–water partition coefficient (Wildman–Crippen LogP) is 1.68. The first-order valence-electron chi connectivity index (χ1n) is 13.1. The third-order valence-electron chi connectivity index (χ3n) is 7.27. The summed E-state index contributed by atoms with van der Waals surface area (Å²) in [5, 5.41) is 72.4. The van der Waals surface area contributed by atoms with Crippen molar-refractivity contribution < 1.29 is 63.9 Å². The average Bonchev–Trinajstić information content (AvgIpc) is 3.00. The largest absolute Gasteiger partial charge is 0.507 e. The molecular formula is C30H28O14. The van der Waals surface area contributed by atoms with Gasteiger partial charge in [0.05, 0.1) is 32.0 Å². The Morgan fingerprint density at radius 2 is 1.57 bits per heavy atom. The summed E-state index contributed by atoms with van der Waals surface area (Å²) in [5.74, 6) is -3.02. The Labute approximate surface area is 248 Å². The fraction of sp³-hybridized carbons (Fsp3) is 0.267. The summed E-state index contributed by atoms with van der Waals surface area (Å²) in [7, 11) is 2.76. The number of esters is 1. The van der Waals surface area contributed by atoms with E-state index in [4.69, 9.17) is 23.4 Å². The van der Waals surface area contributed by atoms with Crippen LogP contribution in [0.1, 0.15) is 22.0 Å². The van der Waals surface area contributed by atoms with Gasteiger partial charge in [-0.05, 0) is 36.4 Å². The van der Waals surface area contributed by atoms with Crippen molar-refractivity contribution in [3.63, 3.8) is 0 Å². The predicted molar refractivity (Wildman–Crippen MR) is 150 cm³/mol. The minimum absolute atomic E-state index is 0.0480. The molecule has 7 N–H and O–H groups in total. The maximum atomic E-state index is 13.3. The molecule has 0 spiro atoms. The fourth-order valence-electron chi connectivity index (χ4n) is 5.02. The molecule has 2 heterocycles. The summed E-state index contributed by atoms with van der Waals surface area (Å²) in [6.45, 7) is -0.802. The molecule has 4 aromatic rings. The summed E-state index contributed by atoms with van der Waals surface area (Å²) >= 11 is 0. The molecule has 1 fully saturated rings. The molecule has 1 aliphatic rings. The molecule has 44 heavy (non-hydrogen) atoms. The van der Waals surface area contributed by atoms with E-state index in [0.29, 0.717) is 5.75 Å². The lowest BCUT2D eigenvalue weighted by Crippen LogP contribution is -2.56. The van der Waals surface area contributed by atoms with E-state index < -0.39 is 82.5 Å². The summed E-state index contributed by atoms with van der Waals surface area (Å²) < 4.78 is 27.7. The van der Waals surface area contributed by atoms with E-state index in [1.165, 1.54) is 38.5 Å². The van der Waals surface area contributed by atoms with Crippen molar-refractivity contribution in [1.29, 1.82) is 0 Å². The molecule has 0 saturated carbocycles. The number of hydrogen-bond acceptors (Lipinski definition) is 14. The van der Waals surface area contributed by atoms with E-state index in [1.807, 2.05) is 0 Å². The highest BCUT2D eigenvalue weighted by Crippen LogP contribution is 2.45. The lowest BCUT2D eigenvalue weighted by molar-refractivity contribution is -0.231. The van der Waals surface area contributed by atoms with Gasteiger partial charge in [0, 0.05) is 17.7 Å². The van der Waals surface area contributed by atoms with Gasteiger partial charge in [-0.2, -0.15) is 0 Å². The molecule has 0 bridgehead atoms. The number of phenolic OH excluding ortho intramolecular Hbond substituents is 4. The number of fused-ring (bicyclic) bond motifs is 1. The Kier molecular flexibility index (Phi) is 8.25. The standard InChI is InChI=1S/C30H28O14/c1-40-19-6-4-13(8-21(19)41-2)30(39)44-29-26(38)25(37)22(11-31)43-28(29)24-17(35)9-16(34)23-18(36)10-20(42-27(23)24)12-3-5-14(32)15(33)7-12/h3-10,22,25-26,28-29,31-35,37-38H,11H2,1-2H3. The number of aliphatic hydroxyl groups is 3. The first-order chi connectivity index (χ1) is 21.0. The topological polar surface area (TPSA) is 226 Å². The van der Waals surface area contributed by atoms with E-state index in [1.54, 1.807) is 0 Å². The van der Waals surface area contributed by atoms with Gasteiger partial charge in [0.2, 0.25) is 0 Å². The Morgan fingerprint density at radius 1 is 0.841 bits per heavy atom. The third kappa shape index (κ3) is 5.31. The van der Waals surface area contributed by atoms with Gasteiger partial charge in [-0.3, -0.25) is 4.79 Å². The maximum Gasteiger partial charge on any atom is 0.338 e.